The first-order valence-electron chi connectivity index (χ1n) is 8.60. The fourth-order valence-corrected chi connectivity index (χ4v) is 1.79. The molecular formula is C20H28N2O6. The number of unbranched alkanes of at least 4 members (excludes halogenated alkanes) is 1. The summed E-state index contributed by atoms with van der Waals surface area (Å²) in [5, 5.41) is 19.5. The van der Waals surface area contributed by atoms with Crippen LogP contribution in [0.15, 0.2) is 48.5 Å². The Balaban J connectivity index is 0.000000391. The number of hydrogen-bond acceptors (Lipinski definition) is 6. The van der Waals surface area contributed by atoms with Crippen LogP contribution in [0.2, 0.25) is 0 Å². The predicted octanol–water partition coefficient (Wildman–Crippen LogP) is -0.816. The van der Waals surface area contributed by atoms with E-state index in [9.17, 15) is 19.8 Å². The van der Waals surface area contributed by atoms with Gasteiger partial charge in [-0.1, -0.05) is 0 Å². The SMILES string of the molecule is COc1ccc([NH3+])cc1.COc1ccc([NH3+])cc1.O=C([O-])CCCCC(=O)[O-]. The molecule has 8 heteroatoms. The van der Waals surface area contributed by atoms with Gasteiger partial charge in [-0.3, -0.25) is 0 Å². The molecule has 2 aromatic carbocycles. The number of quaternary nitrogens is 2. The normalized spacial score (nSPS) is 9.14. The zero-order valence-electron chi connectivity index (χ0n) is 16.3. The number of methoxy groups -OCH3 is 2. The van der Waals surface area contributed by atoms with E-state index in [1.807, 2.05) is 48.5 Å². The molecule has 0 aliphatic rings. The highest BCUT2D eigenvalue weighted by molar-refractivity contribution is 5.65. The van der Waals surface area contributed by atoms with E-state index in [4.69, 9.17) is 9.47 Å². The van der Waals surface area contributed by atoms with Crippen LogP contribution in [0.25, 0.3) is 0 Å². The van der Waals surface area contributed by atoms with Crippen LogP contribution in [0.3, 0.4) is 0 Å². The van der Waals surface area contributed by atoms with Gasteiger partial charge in [0.15, 0.2) is 0 Å². The Bertz CT molecular complexity index is 625. The van der Waals surface area contributed by atoms with Crippen molar-refractivity contribution >= 4 is 23.3 Å². The Kier molecular flexibility index (Phi) is 13.3. The van der Waals surface area contributed by atoms with Gasteiger partial charge in [0.25, 0.3) is 0 Å². The maximum Gasteiger partial charge on any atom is 0.128 e. The van der Waals surface area contributed by atoms with Crippen molar-refractivity contribution in [2.45, 2.75) is 25.7 Å². The van der Waals surface area contributed by atoms with Gasteiger partial charge in [0.05, 0.1) is 14.2 Å². The third-order valence-electron chi connectivity index (χ3n) is 3.33. The molecule has 0 aromatic heterocycles. The van der Waals surface area contributed by atoms with Crippen LogP contribution in [-0.4, -0.2) is 26.2 Å². The summed E-state index contributed by atoms with van der Waals surface area (Å²) in [5.41, 5.74) is 9.50. The quantitative estimate of drug-likeness (QED) is 0.587. The van der Waals surface area contributed by atoms with Gasteiger partial charge in [-0.25, -0.2) is 0 Å². The van der Waals surface area contributed by atoms with E-state index >= 15 is 0 Å². The molecule has 0 unspecified atom stereocenters. The minimum atomic E-state index is -1.14. The van der Waals surface area contributed by atoms with E-state index in [-0.39, 0.29) is 12.8 Å². The first-order valence-corrected chi connectivity index (χ1v) is 8.60. The standard InChI is InChI=1S/2C7H9NO.C6H10O4/c2*1-9-7-4-2-6(8)3-5-7;7-5(8)3-1-2-4-6(9)10/h2*2-5H,8H2,1H3;1-4H2,(H,7,8)(H,9,10). The minimum Gasteiger partial charge on any atom is -0.550 e. The van der Waals surface area contributed by atoms with Crippen LogP contribution < -0.4 is 31.2 Å². The van der Waals surface area contributed by atoms with E-state index in [1.165, 1.54) is 0 Å². The molecule has 2 aromatic rings. The van der Waals surface area contributed by atoms with Crippen LogP contribution in [0.5, 0.6) is 11.5 Å². The summed E-state index contributed by atoms with van der Waals surface area (Å²) in [4.78, 5) is 19.5. The van der Waals surface area contributed by atoms with Crippen molar-refractivity contribution in [2.24, 2.45) is 0 Å². The van der Waals surface area contributed by atoms with Gasteiger partial charge in [0.2, 0.25) is 0 Å². The Hall–Kier alpha value is -3.10. The fourth-order valence-electron chi connectivity index (χ4n) is 1.79. The Morgan fingerprint density at radius 1 is 0.714 bits per heavy atom. The highest BCUT2D eigenvalue weighted by Crippen LogP contribution is 2.11. The van der Waals surface area contributed by atoms with Crippen LogP contribution in [0, 0.1) is 0 Å². The molecule has 0 bridgehead atoms. The van der Waals surface area contributed by atoms with Gasteiger partial charge in [-0.15, -0.1) is 0 Å². The summed E-state index contributed by atoms with van der Waals surface area (Å²) >= 11 is 0. The molecule has 8 nitrogen and oxygen atoms in total. The van der Waals surface area contributed by atoms with Crippen LogP contribution >= 0.6 is 0 Å². The second-order valence-corrected chi connectivity index (χ2v) is 5.65. The lowest BCUT2D eigenvalue weighted by atomic mass is 10.2. The summed E-state index contributed by atoms with van der Waals surface area (Å²) in [5.74, 6) is -0.526. The zero-order valence-corrected chi connectivity index (χ0v) is 16.3. The molecule has 0 aliphatic carbocycles. The fraction of sp³-hybridized carbons (Fsp3) is 0.300. The molecular weight excluding hydrogens is 364 g/mol. The number of benzene rings is 2. The van der Waals surface area contributed by atoms with Gasteiger partial charge < -0.3 is 40.7 Å². The van der Waals surface area contributed by atoms with E-state index < -0.39 is 11.9 Å². The largest absolute Gasteiger partial charge is 0.550 e. The number of aliphatic carboxylic acids is 2. The van der Waals surface area contributed by atoms with Gasteiger partial charge in [0, 0.05) is 36.2 Å². The molecule has 0 amide bonds. The summed E-state index contributed by atoms with van der Waals surface area (Å²) < 4.78 is 9.88. The zero-order chi connectivity index (χ0) is 21.4. The summed E-state index contributed by atoms with van der Waals surface area (Å²) in [6.45, 7) is 0. The molecule has 154 valence electrons. The number of hydrogen-bond donors (Lipinski definition) is 2. The summed E-state index contributed by atoms with van der Waals surface area (Å²) in [6.07, 6.45) is 0.535. The first kappa shape index (κ1) is 24.9. The van der Waals surface area contributed by atoms with Crippen LogP contribution in [-0.2, 0) is 9.59 Å². The Labute approximate surface area is 164 Å². The van der Waals surface area contributed by atoms with Gasteiger partial charge in [-0.2, -0.15) is 0 Å². The lowest BCUT2D eigenvalue weighted by Crippen LogP contribution is -2.39. The number of carbonyl (C=O) groups is 2. The lowest BCUT2D eigenvalue weighted by molar-refractivity contribution is -0.308. The Morgan fingerprint density at radius 3 is 1.21 bits per heavy atom. The van der Waals surface area contributed by atoms with Crippen molar-refractivity contribution in [1.29, 1.82) is 0 Å². The third kappa shape index (κ3) is 14.1. The molecule has 0 heterocycles. The first-order chi connectivity index (χ1) is 13.3. The van der Waals surface area contributed by atoms with Gasteiger partial charge >= 0.3 is 0 Å². The maximum atomic E-state index is 9.77. The molecule has 6 N–H and O–H groups in total. The van der Waals surface area contributed by atoms with Gasteiger partial charge in [0.1, 0.15) is 22.9 Å². The summed E-state index contributed by atoms with van der Waals surface area (Å²) in [6, 6.07) is 15.2. The lowest BCUT2D eigenvalue weighted by Gasteiger charge is -2.01. The monoisotopic (exact) mass is 392 g/mol. The molecule has 0 spiro atoms. The van der Waals surface area contributed by atoms with Crippen molar-refractivity contribution in [3.63, 3.8) is 0 Å². The number of carbonyl (C=O) groups excluding carboxylic acids is 2. The van der Waals surface area contributed by atoms with Crippen molar-refractivity contribution in [2.75, 3.05) is 14.2 Å². The number of rotatable bonds is 7. The van der Waals surface area contributed by atoms with Gasteiger partial charge in [-0.05, 0) is 49.9 Å². The van der Waals surface area contributed by atoms with Crippen LogP contribution in [0.1, 0.15) is 25.7 Å². The molecule has 0 radical (unpaired) electrons. The maximum absolute atomic E-state index is 9.77. The second kappa shape index (κ2) is 15.0. The van der Waals surface area contributed by atoms with Crippen molar-refractivity contribution in [3.8, 4) is 11.5 Å². The number of ether oxygens (including phenoxy) is 2. The molecule has 0 atom stereocenters. The predicted molar refractivity (Wildman–Crippen MR) is 99.6 cm³/mol. The number of carboxylic acids is 2. The highest BCUT2D eigenvalue weighted by atomic mass is 16.5. The highest BCUT2D eigenvalue weighted by Gasteiger charge is 1.90. The van der Waals surface area contributed by atoms with E-state index in [0.717, 1.165) is 22.9 Å². The average Bonchev–Trinajstić information content (AvgIpc) is 2.67. The smallest absolute Gasteiger partial charge is 0.128 e. The average molecular weight is 392 g/mol. The molecule has 0 fully saturated rings. The third-order valence-corrected chi connectivity index (χ3v) is 3.33. The molecule has 28 heavy (non-hydrogen) atoms. The van der Waals surface area contributed by atoms with Crippen molar-refractivity contribution < 1.29 is 40.7 Å². The number of carboxylic acid groups (broad SMARTS) is 2. The van der Waals surface area contributed by atoms with Crippen molar-refractivity contribution in [1.82, 2.24) is 0 Å². The Morgan fingerprint density at radius 2 is 1.00 bits per heavy atom. The molecule has 0 saturated heterocycles. The topological polar surface area (TPSA) is 154 Å². The molecule has 2 rings (SSSR count). The van der Waals surface area contributed by atoms with E-state index in [2.05, 4.69) is 11.5 Å². The van der Waals surface area contributed by atoms with E-state index in [0.29, 0.717) is 12.8 Å². The minimum absolute atomic E-state index is 0.0761. The molecule has 0 aliphatic heterocycles. The van der Waals surface area contributed by atoms with Crippen molar-refractivity contribution in [3.05, 3.63) is 48.5 Å². The summed E-state index contributed by atoms with van der Waals surface area (Å²) in [7, 11) is 3.30. The second-order valence-electron chi connectivity index (χ2n) is 5.65. The van der Waals surface area contributed by atoms with E-state index in [1.54, 1.807) is 14.2 Å². The molecule has 0 saturated carbocycles. The van der Waals surface area contributed by atoms with Crippen LogP contribution in [0.4, 0.5) is 11.4 Å².